The quantitative estimate of drug-likeness (QED) is 0.691. The second-order valence-electron chi connectivity index (χ2n) is 9.55. The van der Waals surface area contributed by atoms with Gasteiger partial charge in [0.05, 0.1) is 7.11 Å². The summed E-state index contributed by atoms with van der Waals surface area (Å²) in [5, 5.41) is 6.67. The summed E-state index contributed by atoms with van der Waals surface area (Å²) in [6.07, 6.45) is 4.45. The molecule has 3 aliphatic rings. The predicted octanol–water partition coefficient (Wildman–Crippen LogP) is 4.26. The highest BCUT2D eigenvalue weighted by Gasteiger charge is 2.72. The van der Waals surface area contributed by atoms with Crippen LogP contribution in [0.2, 0.25) is 0 Å². The van der Waals surface area contributed by atoms with Crippen LogP contribution in [-0.2, 0) is 19.7 Å². The average molecular weight is 437 g/mol. The fourth-order valence-corrected chi connectivity index (χ4v) is 6.61. The summed E-state index contributed by atoms with van der Waals surface area (Å²) in [6.45, 7) is 3.69. The molecule has 1 saturated heterocycles. The Labute approximate surface area is 187 Å². The maximum absolute atomic E-state index is 15.6. The van der Waals surface area contributed by atoms with Crippen molar-refractivity contribution in [2.24, 2.45) is 0 Å². The predicted molar refractivity (Wildman–Crippen MR) is 120 cm³/mol. The first-order chi connectivity index (χ1) is 15.4. The molecular formula is C26H29FN2O3. The molecule has 1 saturated carbocycles. The van der Waals surface area contributed by atoms with E-state index in [2.05, 4.69) is 10.6 Å². The lowest BCUT2D eigenvalue weighted by molar-refractivity contribution is -0.143. The molecule has 2 aromatic rings. The first-order valence-electron chi connectivity index (χ1n) is 11.4. The number of amides is 1. The van der Waals surface area contributed by atoms with E-state index in [0.29, 0.717) is 11.1 Å². The summed E-state index contributed by atoms with van der Waals surface area (Å²) in [5.74, 6) is -1.72. The van der Waals surface area contributed by atoms with Gasteiger partial charge >= 0.3 is 5.97 Å². The molecule has 0 unspecified atom stereocenters. The fraction of sp³-hybridized carbons (Fsp3) is 0.462. The van der Waals surface area contributed by atoms with Gasteiger partial charge in [-0.25, -0.2) is 4.39 Å². The minimum absolute atomic E-state index is 0.162. The molecule has 2 N–H and O–H groups in total. The number of nitrogens with one attached hydrogen (secondary N) is 2. The first kappa shape index (κ1) is 21.1. The van der Waals surface area contributed by atoms with Crippen LogP contribution in [0.4, 0.5) is 10.1 Å². The van der Waals surface area contributed by atoms with Crippen LogP contribution in [0, 0.1) is 19.7 Å². The van der Waals surface area contributed by atoms with Crippen molar-refractivity contribution in [3.63, 3.8) is 0 Å². The highest BCUT2D eigenvalue weighted by atomic mass is 19.1. The molecule has 32 heavy (non-hydrogen) atoms. The average Bonchev–Trinajstić information content (AvgIpc) is 3.23. The fourth-order valence-electron chi connectivity index (χ4n) is 6.61. The van der Waals surface area contributed by atoms with E-state index in [1.54, 1.807) is 25.1 Å². The van der Waals surface area contributed by atoms with E-state index in [4.69, 9.17) is 4.74 Å². The van der Waals surface area contributed by atoms with E-state index < -0.39 is 28.9 Å². The van der Waals surface area contributed by atoms with Gasteiger partial charge in [-0.2, -0.15) is 0 Å². The number of anilines is 1. The van der Waals surface area contributed by atoms with Crippen molar-refractivity contribution in [1.29, 1.82) is 0 Å². The van der Waals surface area contributed by atoms with Crippen LogP contribution < -0.4 is 10.6 Å². The van der Waals surface area contributed by atoms with E-state index >= 15 is 4.39 Å². The Balaban J connectivity index is 1.85. The van der Waals surface area contributed by atoms with Crippen LogP contribution in [0.15, 0.2) is 36.4 Å². The largest absolute Gasteiger partial charge is 0.468 e. The molecule has 0 bridgehead atoms. The molecule has 2 heterocycles. The second kappa shape index (κ2) is 7.41. The standard InChI is InChI=1S/C26H29FN2O3/c1-15-10-11-18-19(14-15)28-24(31)26(18)20(17-9-7-8-16(2)21(17)27)22(23(30)32-3)29-25(26)12-5-4-6-13-25/h7-11,14,20,22,29H,4-6,12-13H2,1-3H3,(H,28,31)/t20-,22+,26+/m0/s1. The Hall–Kier alpha value is -2.73. The Bertz CT molecular complexity index is 1110. The number of aryl methyl sites for hydroxylation is 2. The van der Waals surface area contributed by atoms with E-state index in [-0.39, 0.29) is 11.7 Å². The van der Waals surface area contributed by atoms with Crippen LogP contribution in [0.25, 0.3) is 0 Å². The molecule has 5 rings (SSSR count). The number of halogens is 1. The van der Waals surface area contributed by atoms with Crippen LogP contribution in [0.5, 0.6) is 0 Å². The van der Waals surface area contributed by atoms with Gasteiger partial charge in [0, 0.05) is 17.1 Å². The summed E-state index contributed by atoms with van der Waals surface area (Å²) < 4.78 is 20.8. The van der Waals surface area contributed by atoms with Crippen LogP contribution in [0.3, 0.4) is 0 Å². The van der Waals surface area contributed by atoms with Crippen LogP contribution in [0.1, 0.15) is 60.3 Å². The van der Waals surface area contributed by atoms with E-state index in [1.807, 2.05) is 25.1 Å². The van der Waals surface area contributed by atoms with Gasteiger partial charge in [0.15, 0.2) is 0 Å². The number of methoxy groups -OCH3 is 1. The Morgan fingerprint density at radius 3 is 2.59 bits per heavy atom. The summed E-state index contributed by atoms with van der Waals surface area (Å²) in [6, 6.07) is 10.3. The van der Waals surface area contributed by atoms with Gasteiger partial charge in [-0.15, -0.1) is 0 Å². The van der Waals surface area contributed by atoms with Gasteiger partial charge in [-0.05, 0) is 55.0 Å². The van der Waals surface area contributed by atoms with Gasteiger partial charge in [0.1, 0.15) is 17.3 Å². The molecule has 5 nitrogen and oxygen atoms in total. The third-order valence-corrected chi connectivity index (χ3v) is 7.91. The van der Waals surface area contributed by atoms with Crippen molar-refractivity contribution < 1.29 is 18.7 Å². The number of ether oxygens (including phenoxy) is 1. The molecule has 3 atom stereocenters. The number of hydrogen-bond acceptors (Lipinski definition) is 4. The van der Waals surface area contributed by atoms with Crippen molar-refractivity contribution in [3.8, 4) is 0 Å². The summed E-state index contributed by atoms with van der Waals surface area (Å²) in [5.41, 5.74) is 1.75. The molecule has 2 aromatic carbocycles. The molecule has 2 fully saturated rings. The first-order valence-corrected chi connectivity index (χ1v) is 11.4. The van der Waals surface area contributed by atoms with Crippen molar-refractivity contribution in [2.45, 2.75) is 68.9 Å². The van der Waals surface area contributed by atoms with E-state index in [1.165, 1.54) is 7.11 Å². The van der Waals surface area contributed by atoms with E-state index in [0.717, 1.165) is 48.9 Å². The smallest absolute Gasteiger partial charge is 0.323 e. The zero-order valence-corrected chi connectivity index (χ0v) is 18.8. The molecule has 168 valence electrons. The second-order valence-corrected chi connectivity index (χ2v) is 9.55. The normalized spacial score (nSPS) is 28.1. The molecule has 1 aliphatic carbocycles. The molecule has 0 radical (unpaired) electrons. The SMILES string of the molecule is COC(=O)[C@@H]1NC2(CCCCC2)[C@@]2(C(=O)Nc3cc(C)ccc32)[C@H]1c1cccc(C)c1F. The lowest BCUT2D eigenvalue weighted by Crippen LogP contribution is -2.60. The van der Waals surface area contributed by atoms with Crippen molar-refractivity contribution in [2.75, 3.05) is 12.4 Å². The molecule has 0 aromatic heterocycles. The van der Waals surface area contributed by atoms with Crippen molar-refractivity contribution in [1.82, 2.24) is 5.32 Å². The number of hydrogen-bond donors (Lipinski definition) is 2. The molecule has 6 heteroatoms. The maximum Gasteiger partial charge on any atom is 0.323 e. The summed E-state index contributed by atoms with van der Waals surface area (Å²) in [4.78, 5) is 27.1. The molecular weight excluding hydrogens is 407 g/mol. The summed E-state index contributed by atoms with van der Waals surface area (Å²) >= 11 is 0. The van der Waals surface area contributed by atoms with Crippen LogP contribution >= 0.6 is 0 Å². The number of carbonyl (C=O) groups excluding carboxylic acids is 2. The van der Waals surface area contributed by atoms with Gasteiger partial charge in [-0.3, -0.25) is 14.9 Å². The minimum atomic E-state index is -1.11. The minimum Gasteiger partial charge on any atom is -0.468 e. The van der Waals surface area contributed by atoms with Crippen molar-refractivity contribution >= 4 is 17.6 Å². The number of benzene rings is 2. The van der Waals surface area contributed by atoms with Gasteiger partial charge < -0.3 is 10.1 Å². The van der Waals surface area contributed by atoms with Crippen molar-refractivity contribution in [3.05, 3.63) is 64.5 Å². The maximum atomic E-state index is 15.6. The Morgan fingerprint density at radius 2 is 1.88 bits per heavy atom. The third-order valence-electron chi connectivity index (χ3n) is 7.91. The number of rotatable bonds is 2. The summed E-state index contributed by atoms with van der Waals surface area (Å²) in [7, 11) is 1.35. The number of fused-ring (bicyclic) bond motifs is 3. The zero-order chi connectivity index (χ0) is 22.7. The molecule has 1 amide bonds. The topological polar surface area (TPSA) is 67.4 Å². The van der Waals surface area contributed by atoms with E-state index in [9.17, 15) is 9.59 Å². The molecule has 2 aliphatic heterocycles. The Morgan fingerprint density at radius 1 is 1.12 bits per heavy atom. The van der Waals surface area contributed by atoms with Crippen LogP contribution in [-0.4, -0.2) is 30.6 Å². The van der Waals surface area contributed by atoms with Gasteiger partial charge in [0.2, 0.25) is 5.91 Å². The lowest BCUT2D eigenvalue weighted by Gasteiger charge is -2.47. The Kier molecular flexibility index (Phi) is 4.89. The molecule has 2 spiro atoms. The third kappa shape index (κ3) is 2.65. The lowest BCUT2D eigenvalue weighted by atomic mass is 9.55. The van der Waals surface area contributed by atoms with Gasteiger partial charge in [0.25, 0.3) is 0 Å². The van der Waals surface area contributed by atoms with Gasteiger partial charge in [-0.1, -0.05) is 49.6 Å². The highest BCUT2D eigenvalue weighted by Crippen LogP contribution is 2.62. The number of esters is 1. The highest BCUT2D eigenvalue weighted by molar-refractivity contribution is 6.09. The monoisotopic (exact) mass is 436 g/mol. The number of carbonyl (C=O) groups is 2. The zero-order valence-electron chi connectivity index (χ0n) is 18.8.